The number of imide groups is 1. The Bertz CT molecular complexity index is 738. The van der Waals surface area contributed by atoms with Gasteiger partial charge in [-0.25, -0.2) is 4.90 Å². The minimum absolute atomic E-state index is 0.0861. The lowest BCUT2D eigenvalue weighted by Crippen LogP contribution is -2.29. The van der Waals surface area contributed by atoms with Gasteiger partial charge in [-0.2, -0.15) is 0 Å². The van der Waals surface area contributed by atoms with E-state index in [0.29, 0.717) is 0 Å². The van der Waals surface area contributed by atoms with E-state index in [4.69, 9.17) is 23.2 Å². The first-order chi connectivity index (χ1) is 9.50. The van der Waals surface area contributed by atoms with Crippen molar-refractivity contribution in [3.8, 4) is 5.75 Å². The number of aromatic hydroxyl groups is 1. The molecule has 2 amide bonds. The average molecular weight is 308 g/mol. The molecule has 0 aliphatic carbocycles. The normalized spacial score (nSPS) is 13.8. The number of anilines is 1. The van der Waals surface area contributed by atoms with E-state index in [9.17, 15) is 14.7 Å². The average Bonchev–Trinajstić information content (AvgIpc) is 2.63. The molecule has 0 atom stereocenters. The van der Waals surface area contributed by atoms with Crippen LogP contribution in [0.1, 0.15) is 20.7 Å². The molecule has 20 heavy (non-hydrogen) atoms. The van der Waals surface area contributed by atoms with Crippen molar-refractivity contribution in [2.24, 2.45) is 0 Å². The van der Waals surface area contributed by atoms with Crippen molar-refractivity contribution in [3.63, 3.8) is 0 Å². The van der Waals surface area contributed by atoms with Gasteiger partial charge in [0.25, 0.3) is 11.8 Å². The molecule has 0 aromatic heterocycles. The summed E-state index contributed by atoms with van der Waals surface area (Å²) in [6.45, 7) is 0. The lowest BCUT2D eigenvalue weighted by Gasteiger charge is -2.16. The van der Waals surface area contributed by atoms with Crippen LogP contribution in [0.15, 0.2) is 36.4 Å². The Morgan fingerprint density at radius 1 is 0.900 bits per heavy atom. The molecule has 0 saturated carbocycles. The zero-order valence-electron chi connectivity index (χ0n) is 9.93. The number of nitrogens with zero attached hydrogens (tertiary/aromatic N) is 1. The van der Waals surface area contributed by atoms with Crippen molar-refractivity contribution < 1.29 is 14.7 Å². The standard InChI is InChI=1S/C14H7Cl2NO3/c15-10-2-1-3-11(16)12(10)17-13(19)8-5-4-7(18)6-9(8)14(17)20/h1-6,18H. The number of phenolic OH excluding ortho intramolecular Hbond substituents is 1. The van der Waals surface area contributed by atoms with Gasteiger partial charge in [-0.1, -0.05) is 29.3 Å². The number of hydrogen-bond acceptors (Lipinski definition) is 3. The predicted octanol–water partition coefficient (Wildman–Crippen LogP) is 3.50. The van der Waals surface area contributed by atoms with Crippen LogP contribution >= 0.6 is 23.2 Å². The van der Waals surface area contributed by atoms with Crippen LogP contribution in [0.3, 0.4) is 0 Å². The Hall–Kier alpha value is -2.04. The number of carbonyl (C=O) groups excluding carboxylic acids is 2. The predicted molar refractivity (Wildman–Crippen MR) is 75.7 cm³/mol. The summed E-state index contributed by atoms with van der Waals surface area (Å²) in [5.41, 5.74) is 0.497. The molecule has 0 saturated heterocycles. The molecule has 1 heterocycles. The number of hydrogen-bond donors (Lipinski definition) is 1. The van der Waals surface area contributed by atoms with Crippen molar-refractivity contribution >= 4 is 40.7 Å². The molecule has 2 aromatic rings. The van der Waals surface area contributed by atoms with E-state index in [0.717, 1.165) is 4.90 Å². The minimum atomic E-state index is -0.559. The van der Waals surface area contributed by atoms with Crippen LogP contribution in [-0.4, -0.2) is 16.9 Å². The van der Waals surface area contributed by atoms with Crippen molar-refractivity contribution in [1.82, 2.24) is 0 Å². The maximum atomic E-state index is 12.3. The molecule has 0 bridgehead atoms. The second kappa shape index (κ2) is 4.51. The van der Waals surface area contributed by atoms with Gasteiger partial charge in [0, 0.05) is 0 Å². The maximum absolute atomic E-state index is 12.3. The first-order valence-electron chi connectivity index (χ1n) is 5.66. The monoisotopic (exact) mass is 307 g/mol. The van der Waals surface area contributed by atoms with E-state index in [1.54, 1.807) is 18.2 Å². The third kappa shape index (κ3) is 1.77. The summed E-state index contributed by atoms with van der Waals surface area (Å²) in [6.07, 6.45) is 0. The summed E-state index contributed by atoms with van der Waals surface area (Å²) in [7, 11) is 0. The molecule has 2 aromatic carbocycles. The molecule has 1 aliphatic rings. The molecule has 6 heteroatoms. The third-order valence-corrected chi connectivity index (χ3v) is 3.64. The van der Waals surface area contributed by atoms with Crippen LogP contribution in [0.4, 0.5) is 5.69 Å². The highest BCUT2D eigenvalue weighted by atomic mass is 35.5. The number of benzene rings is 2. The first kappa shape index (κ1) is 13.0. The third-order valence-electron chi connectivity index (χ3n) is 3.03. The summed E-state index contributed by atoms with van der Waals surface area (Å²) in [6, 6.07) is 8.71. The molecule has 0 unspecified atom stereocenters. The van der Waals surface area contributed by atoms with E-state index in [-0.39, 0.29) is 32.6 Å². The maximum Gasteiger partial charge on any atom is 0.266 e. The number of para-hydroxylation sites is 1. The fourth-order valence-corrected chi connectivity index (χ4v) is 2.70. The number of fused-ring (bicyclic) bond motifs is 1. The summed E-state index contributed by atoms with van der Waals surface area (Å²) in [4.78, 5) is 25.6. The van der Waals surface area contributed by atoms with Gasteiger partial charge in [-0.05, 0) is 30.3 Å². The molecule has 3 rings (SSSR count). The van der Waals surface area contributed by atoms with E-state index in [1.807, 2.05) is 0 Å². The SMILES string of the molecule is O=C1c2ccc(O)cc2C(=O)N1c1c(Cl)cccc1Cl. The number of rotatable bonds is 1. The largest absolute Gasteiger partial charge is 0.508 e. The fourth-order valence-electron chi connectivity index (χ4n) is 2.13. The van der Waals surface area contributed by atoms with Crippen molar-refractivity contribution in [2.75, 3.05) is 4.90 Å². The number of amides is 2. The van der Waals surface area contributed by atoms with Crippen LogP contribution in [-0.2, 0) is 0 Å². The van der Waals surface area contributed by atoms with Crippen LogP contribution in [0.5, 0.6) is 5.75 Å². The quantitative estimate of drug-likeness (QED) is 0.820. The smallest absolute Gasteiger partial charge is 0.266 e. The van der Waals surface area contributed by atoms with Gasteiger partial charge < -0.3 is 5.11 Å². The second-order valence-corrected chi connectivity index (χ2v) is 5.06. The lowest BCUT2D eigenvalue weighted by atomic mass is 10.1. The minimum Gasteiger partial charge on any atom is -0.508 e. The van der Waals surface area contributed by atoms with Crippen molar-refractivity contribution in [3.05, 3.63) is 57.6 Å². The van der Waals surface area contributed by atoms with Gasteiger partial charge in [-0.3, -0.25) is 9.59 Å². The highest BCUT2D eigenvalue weighted by Crippen LogP contribution is 2.38. The van der Waals surface area contributed by atoms with E-state index in [2.05, 4.69) is 0 Å². The van der Waals surface area contributed by atoms with Crippen LogP contribution in [0.2, 0.25) is 10.0 Å². The van der Waals surface area contributed by atoms with Crippen molar-refractivity contribution in [1.29, 1.82) is 0 Å². The highest BCUT2D eigenvalue weighted by molar-refractivity contribution is 6.44. The summed E-state index contributed by atoms with van der Waals surface area (Å²) in [5, 5.41) is 9.84. The highest BCUT2D eigenvalue weighted by Gasteiger charge is 2.38. The molecule has 100 valence electrons. The Labute approximate surface area is 124 Å². The van der Waals surface area contributed by atoms with E-state index < -0.39 is 11.8 Å². The lowest BCUT2D eigenvalue weighted by molar-refractivity contribution is 0.0926. The molecule has 1 N–H and O–H groups in total. The fraction of sp³-hybridized carbons (Fsp3) is 0. The molecule has 4 nitrogen and oxygen atoms in total. The zero-order valence-corrected chi connectivity index (χ0v) is 11.4. The number of halogens is 2. The molecule has 0 radical (unpaired) electrons. The molecular weight excluding hydrogens is 301 g/mol. The summed E-state index contributed by atoms with van der Waals surface area (Å²) < 4.78 is 0. The Balaban J connectivity index is 2.20. The van der Waals surface area contributed by atoms with Gasteiger partial charge in [0.15, 0.2) is 0 Å². The van der Waals surface area contributed by atoms with Crippen LogP contribution < -0.4 is 4.90 Å². The van der Waals surface area contributed by atoms with Crippen LogP contribution in [0, 0.1) is 0 Å². The first-order valence-corrected chi connectivity index (χ1v) is 6.42. The zero-order chi connectivity index (χ0) is 14.4. The van der Waals surface area contributed by atoms with Gasteiger partial charge in [0.05, 0.1) is 26.9 Å². The van der Waals surface area contributed by atoms with Gasteiger partial charge in [0.2, 0.25) is 0 Å². The summed E-state index contributed by atoms with van der Waals surface area (Å²) >= 11 is 12.1. The van der Waals surface area contributed by atoms with Gasteiger partial charge in [0.1, 0.15) is 5.75 Å². The number of phenols is 1. The molecule has 0 fully saturated rings. The van der Waals surface area contributed by atoms with Gasteiger partial charge >= 0.3 is 0 Å². The van der Waals surface area contributed by atoms with E-state index >= 15 is 0 Å². The van der Waals surface area contributed by atoms with Gasteiger partial charge in [-0.15, -0.1) is 0 Å². The summed E-state index contributed by atoms with van der Waals surface area (Å²) in [5.74, 6) is -1.16. The van der Waals surface area contributed by atoms with Crippen LogP contribution in [0.25, 0.3) is 0 Å². The molecule has 0 spiro atoms. The second-order valence-electron chi connectivity index (χ2n) is 4.25. The Kier molecular flexibility index (Phi) is 2.92. The Morgan fingerprint density at radius 2 is 1.50 bits per heavy atom. The molecule has 1 aliphatic heterocycles. The molecular formula is C14H7Cl2NO3. The topological polar surface area (TPSA) is 57.6 Å². The number of carbonyl (C=O) groups is 2. The van der Waals surface area contributed by atoms with Crippen molar-refractivity contribution in [2.45, 2.75) is 0 Å². The van der Waals surface area contributed by atoms with E-state index in [1.165, 1.54) is 18.2 Å². The Morgan fingerprint density at radius 3 is 2.15 bits per heavy atom.